The molecular weight excluding hydrogens is 216 g/mol. The zero-order valence-electron chi connectivity index (χ0n) is 8.88. The van der Waals surface area contributed by atoms with Gasteiger partial charge in [-0.1, -0.05) is 0 Å². The molecule has 2 N–H and O–H groups in total. The fraction of sp³-hybridized carbons (Fsp3) is 0.556. The van der Waals surface area contributed by atoms with Crippen molar-refractivity contribution in [2.45, 2.75) is 18.7 Å². The van der Waals surface area contributed by atoms with Gasteiger partial charge in [-0.3, -0.25) is 0 Å². The first-order valence-electron chi connectivity index (χ1n) is 4.66. The summed E-state index contributed by atoms with van der Waals surface area (Å²) in [6, 6.07) is 3.46. The topological polar surface area (TPSA) is 76.5 Å². The highest BCUT2D eigenvalue weighted by atomic mass is 32.2. The van der Waals surface area contributed by atoms with Crippen molar-refractivity contribution in [3.8, 4) is 0 Å². The summed E-state index contributed by atoms with van der Waals surface area (Å²) in [5, 5.41) is -0.572. The molecule has 0 fully saturated rings. The van der Waals surface area contributed by atoms with E-state index in [0.717, 1.165) is 0 Å². The highest BCUT2D eigenvalue weighted by Gasteiger charge is 2.25. The summed E-state index contributed by atoms with van der Waals surface area (Å²) in [5.41, 5.74) is 5.34. The molecule has 6 heteroatoms. The number of nitrogens with zero attached hydrogens (tertiary/aromatic N) is 1. The number of hydrogen-bond donors (Lipinski definition) is 1. The summed E-state index contributed by atoms with van der Waals surface area (Å²) >= 11 is 0. The highest BCUT2D eigenvalue weighted by Crippen LogP contribution is 2.11. The quantitative estimate of drug-likeness (QED) is 0.796. The molecule has 0 saturated carbocycles. The van der Waals surface area contributed by atoms with Crippen LogP contribution in [0, 0.1) is 0 Å². The molecule has 0 bridgehead atoms. The first-order valence-corrected chi connectivity index (χ1v) is 6.16. The SMILES string of the molecule is CC(CN)S(=O)(=O)N(C)Cc1ccco1. The van der Waals surface area contributed by atoms with Gasteiger partial charge in [0.1, 0.15) is 5.76 Å². The summed E-state index contributed by atoms with van der Waals surface area (Å²) in [7, 11) is -1.80. The van der Waals surface area contributed by atoms with E-state index in [1.54, 1.807) is 19.1 Å². The Bertz CT molecular complexity index is 385. The molecule has 5 nitrogen and oxygen atoms in total. The van der Waals surface area contributed by atoms with Gasteiger partial charge in [0, 0.05) is 13.6 Å². The van der Waals surface area contributed by atoms with Crippen molar-refractivity contribution in [2.24, 2.45) is 5.73 Å². The predicted molar refractivity (Wildman–Crippen MR) is 57.6 cm³/mol. The number of rotatable bonds is 5. The molecule has 1 rings (SSSR count). The Morgan fingerprint density at radius 3 is 2.73 bits per heavy atom. The molecule has 0 spiro atoms. The van der Waals surface area contributed by atoms with E-state index in [0.29, 0.717) is 5.76 Å². The van der Waals surface area contributed by atoms with Gasteiger partial charge in [-0.2, -0.15) is 4.31 Å². The van der Waals surface area contributed by atoms with Crippen LogP contribution < -0.4 is 5.73 Å². The van der Waals surface area contributed by atoms with Crippen LogP contribution in [0.2, 0.25) is 0 Å². The Kier molecular flexibility index (Phi) is 3.90. The average molecular weight is 232 g/mol. The summed E-state index contributed by atoms with van der Waals surface area (Å²) in [6.07, 6.45) is 1.52. The maximum absolute atomic E-state index is 11.8. The lowest BCUT2D eigenvalue weighted by Crippen LogP contribution is -2.38. The van der Waals surface area contributed by atoms with E-state index in [9.17, 15) is 8.42 Å². The molecule has 0 amide bonds. The summed E-state index contributed by atoms with van der Waals surface area (Å²) in [6.45, 7) is 1.94. The Morgan fingerprint density at radius 2 is 2.27 bits per heavy atom. The van der Waals surface area contributed by atoms with E-state index in [4.69, 9.17) is 10.2 Å². The lowest BCUT2D eigenvalue weighted by molar-refractivity contribution is 0.402. The third-order valence-electron chi connectivity index (χ3n) is 2.23. The van der Waals surface area contributed by atoms with Crippen molar-refractivity contribution in [3.05, 3.63) is 24.2 Å². The molecule has 0 saturated heterocycles. The molecule has 86 valence electrons. The second-order valence-electron chi connectivity index (χ2n) is 3.43. The van der Waals surface area contributed by atoms with Crippen molar-refractivity contribution >= 4 is 10.0 Å². The Labute approximate surface area is 89.9 Å². The first-order chi connectivity index (χ1) is 6.98. The molecule has 0 radical (unpaired) electrons. The number of hydrogen-bond acceptors (Lipinski definition) is 4. The smallest absolute Gasteiger partial charge is 0.218 e. The second-order valence-corrected chi connectivity index (χ2v) is 5.88. The minimum absolute atomic E-state index is 0.116. The van der Waals surface area contributed by atoms with E-state index in [1.165, 1.54) is 17.6 Å². The maximum atomic E-state index is 11.8. The second kappa shape index (κ2) is 4.78. The van der Waals surface area contributed by atoms with E-state index >= 15 is 0 Å². The molecule has 1 aromatic heterocycles. The van der Waals surface area contributed by atoms with Gasteiger partial charge in [0.2, 0.25) is 10.0 Å². The largest absolute Gasteiger partial charge is 0.468 e. The minimum atomic E-state index is -3.32. The zero-order valence-corrected chi connectivity index (χ0v) is 9.70. The zero-order chi connectivity index (χ0) is 11.5. The summed E-state index contributed by atoms with van der Waals surface area (Å²) < 4.78 is 29.9. The third-order valence-corrected chi connectivity index (χ3v) is 4.44. The van der Waals surface area contributed by atoms with Crippen LogP contribution in [0.4, 0.5) is 0 Å². The number of sulfonamides is 1. The van der Waals surface area contributed by atoms with Gasteiger partial charge in [0.15, 0.2) is 0 Å². The van der Waals surface area contributed by atoms with Crippen LogP contribution in [0.1, 0.15) is 12.7 Å². The van der Waals surface area contributed by atoms with Gasteiger partial charge in [-0.25, -0.2) is 8.42 Å². The van der Waals surface area contributed by atoms with Crippen LogP contribution in [0.3, 0.4) is 0 Å². The van der Waals surface area contributed by atoms with Crippen molar-refractivity contribution < 1.29 is 12.8 Å². The fourth-order valence-corrected chi connectivity index (χ4v) is 2.31. The fourth-order valence-electron chi connectivity index (χ4n) is 1.14. The molecular formula is C9H16N2O3S. The van der Waals surface area contributed by atoms with Crippen molar-refractivity contribution in [3.63, 3.8) is 0 Å². The lowest BCUT2D eigenvalue weighted by Gasteiger charge is -2.19. The van der Waals surface area contributed by atoms with Gasteiger partial charge in [-0.05, 0) is 19.1 Å². The molecule has 1 aromatic rings. The van der Waals surface area contributed by atoms with Gasteiger partial charge in [0.25, 0.3) is 0 Å². The Morgan fingerprint density at radius 1 is 1.60 bits per heavy atom. The van der Waals surface area contributed by atoms with Crippen LogP contribution in [-0.2, 0) is 16.6 Å². The molecule has 0 aliphatic rings. The first kappa shape index (κ1) is 12.2. The van der Waals surface area contributed by atoms with Crippen molar-refractivity contribution in [1.82, 2.24) is 4.31 Å². The van der Waals surface area contributed by atoms with Gasteiger partial charge in [0.05, 0.1) is 18.1 Å². The van der Waals surface area contributed by atoms with E-state index < -0.39 is 15.3 Å². The average Bonchev–Trinajstić information content (AvgIpc) is 2.68. The van der Waals surface area contributed by atoms with E-state index in [2.05, 4.69) is 0 Å². The molecule has 1 heterocycles. The predicted octanol–water partition coefficient (Wildman–Crippen LogP) is 0.388. The van der Waals surface area contributed by atoms with Crippen molar-refractivity contribution in [2.75, 3.05) is 13.6 Å². The normalized spacial score (nSPS) is 14.4. The van der Waals surface area contributed by atoms with E-state index in [-0.39, 0.29) is 13.1 Å². The maximum Gasteiger partial charge on any atom is 0.218 e. The van der Waals surface area contributed by atoms with E-state index in [1.807, 2.05) is 0 Å². The molecule has 1 atom stereocenters. The van der Waals surface area contributed by atoms with Crippen LogP contribution in [0.25, 0.3) is 0 Å². The minimum Gasteiger partial charge on any atom is -0.468 e. The van der Waals surface area contributed by atoms with Crippen LogP contribution in [-0.4, -0.2) is 31.6 Å². The van der Waals surface area contributed by atoms with Crippen molar-refractivity contribution in [1.29, 1.82) is 0 Å². The van der Waals surface area contributed by atoms with Crippen LogP contribution >= 0.6 is 0 Å². The standard InChI is InChI=1S/C9H16N2O3S/c1-8(6-10)15(12,13)11(2)7-9-4-3-5-14-9/h3-5,8H,6-7,10H2,1-2H3. The van der Waals surface area contributed by atoms with Gasteiger partial charge in [-0.15, -0.1) is 0 Å². The highest BCUT2D eigenvalue weighted by molar-refractivity contribution is 7.89. The molecule has 0 aromatic carbocycles. The molecule has 0 aliphatic heterocycles. The van der Waals surface area contributed by atoms with Gasteiger partial charge >= 0.3 is 0 Å². The van der Waals surface area contributed by atoms with Gasteiger partial charge < -0.3 is 10.2 Å². The monoisotopic (exact) mass is 232 g/mol. The summed E-state index contributed by atoms with van der Waals surface area (Å²) in [5.74, 6) is 0.616. The Hall–Kier alpha value is -0.850. The third kappa shape index (κ3) is 2.80. The van der Waals surface area contributed by atoms with Crippen LogP contribution in [0.15, 0.2) is 22.8 Å². The molecule has 1 unspecified atom stereocenters. The molecule has 0 aliphatic carbocycles. The number of nitrogens with two attached hydrogens (primary N) is 1. The number of furan rings is 1. The summed E-state index contributed by atoms with van der Waals surface area (Å²) in [4.78, 5) is 0. The van der Waals surface area contributed by atoms with Crippen LogP contribution in [0.5, 0.6) is 0 Å². The Balaban J connectivity index is 2.72. The lowest BCUT2D eigenvalue weighted by atomic mass is 10.4. The molecule has 15 heavy (non-hydrogen) atoms.